The second-order valence-electron chi connectivity index (χ2n) is 6.72. The van der Waals surface area contributed by atoms with Gasteiger partial charge < -0.3 is 10.6 Å². The van der Waals surface area contributed by atoms with Crippen LogP contribution >= 0.6 is 0 Å². The standard InChI is InChI=1S/C17H28N4/c1-3-17(9-5-6-10-17)12-19-15-11-14(18-4-2)20-16(21-15)13-7-8-13/h11,13H,3-10,12H2,1-2H3,(H2,18,19,20,21). The van der Waals surface area contributed by atoms with Crippen LogP contribution in [-0.4, -0.2) is 23.1 Å². The molecule has 0 unspecified atom stereocenters. The molecule has 3 rings (SSSR count). The Labute approximate surface area is 128 Å². The van der Waals surface area contributed by atoms with Crippen LogP contribution in [0.5, 0.6) is 0 Å². The Morgan fingerprint density at radius 1 is 1.10 bits per heavy atom. The summed E-state index contributed by atoms with van der Waals surface area (Å²) in [6.45, 7) is 6.39. The molecule has 0 aromatic carbocycles. The highest BCUT2D eigenvalue weighted by Gasteiger charge is 2.32. The third kappa shape index (κ3) is 3.47. The first-order valence-electron chi connectivity index (χ1n) is 8.61. The van der Waals surface area contributed by atoms with Gasteiger partial charge >= 0.3 is 0 Å². The van der Waals surface area contributed by atoms with Crippen molar-refractivity contribution in [1.29, 1.82) is 0 Å². The minimum Gasteiger partial charge on any atom is -0.370 e. The number of hydrogen-bond acceptors (Lipinski definition) is 4. The van der Waals surface area contributed by atoms with Crippen molar-refractivity contribution < 1.29 is 0 Å². The second-order valence-corrected chi connectivity index (χ2v) is 6.72. The molecule has 0 saturated heterocycles. The van der Waals surface area contributed by atoms with E-state index in [1.807, 2.05) is 0 Å². The van der Waals surface area contributed by atoms with Crippen molar-refractivity contribution in [3.05, 3.63) is 11.9 Å². The molecule has 116 valence electrons. The molecule has 2 aliphatic rings. The summed E-state index contributed by atoms with van der Waals surface area (Å²) in [5, 5.41) is 6.94. The summed E-state index contributed by atoms with van der Waals surface area (Å²) in [4.78, 5) is 9.38. The molecular weight excluding hydrogens is 260 g/mol. The Bertz CT molecular complexity index is 476. The van der Waals surface area contributed by atoms with E-state index in [0.717, 1.165) is 30.5 Å². The topological polar surface area (TPSA) is 49.8 Å². The van der Waals surface area contributed by atoms with E-state index < -0.39 is 0 Å². The van der Waals surface area contributed by atoms with E-state index >= 15 is 0 Å². The molecule has 4 heteroatoms. The molecule has 0 radical (unpaired) electrons. The Morgan fingerprint density at radius 2 is 1.76 bits per heavy atom. The van der Waals surface area contributed by atoms with Gasteiger partial charge in [0.2, 0.25) is 0 Å². The third-order valence-electron chi connectivity index (χ3n) is 5.10. The molecule has 1 aromatic heterocycles. The molecule has 0 bridgehead atoms. The Kier molecular flexibility index (Phi) is 4.32. The lowest BCUT2D eigenvalue weighted by atomic mass is 9.83. The van der Waals surface area contributed by atoms with E-state index in [-0.39, 0.29) is 0 Å². The smallest absolute Gasteiger partial charge is 0.136 e. The molecule has 1 aromatic rings. The van der Waals surface area contributed by atoms with Crippen molar-refractivity contribution in [2.45, 2.75) is 64.7 Å². The Balaban J connectivity index is 1.71. The van der Waals surface area contributed by atoms with E-state index in [1.165, 1.54) is 44.9 Å². The molecule has 2 N–H and O–H groups in total. The molecular formula is C17H28N4. The summed E-state index contributed by atoms with van der Waals surface area (Å²) >= 11 is 0. The average Bonchev–Trinajstić information content (AvgIpc) is 3.25. The fraction of sp³-hybridized carbons (Fsp3) is 0.765. The summed E-state index contributed by atoms with van der Waals surface area (Å²) in [5.74, 6) is 3.58. The zero-order chi connectivity index (χ0) is 14.7. The van der Waals surface area contributed by atoms with Crippen molar-refractivity contribution in [3.8, 4) is 0 Å². The van der Waals surface area contributed by atoms with Crippen LogP contribution in [0.1, 0.15) is 70.5 Å². The maximum Gasteiger partial charge on any atom is 0.136 e. The van der Waals surface area contributed by atoms with Crippen LogP contribution in [0.3, 0.4) is 0 Å². The van der Waals surface area contributed by atoms with Gasteiger partial charge in [-0.05, 0) is 44.4 Å². The highest BCUT2D eigenvalue weighted by Crippen LogP contribution is 2.41. The number of nitrogens with zero attached hydrogens (tertiary/aromatic N) is 2. The highest BCUT2D eigenvalue weighted by molar-refractivity contribution is 5.48. The predicted octanol–water partition coefficient (Wildman–Crippen LogP) is 4.17. The van der Waals surface area contributed by atoms with Crippen LogP contribution in [0.15, 0.2) is 6.07 Å². The fourth-order valence-electron chi connectivity index (χ4n) is 3.41. The van der Waals surface area contributed by atoms with Crippen LogP contribution in [0.25, 0.3) is 0 Å². The molecule has 0 atom stereocenters. The van der Waals surface area contributed by atoms with Gasteiger partial charge in [-0.1, -0.05) is 19.8 Å². The lowest BCUT2D eigenvalue weighted by Crippen LogP contribution is -2.26. The van der Waals surface area contributed by atoms with Gasteiger partial charge in [-0.15, -0.1) is 0 Å². The largest absolute Gasteiger partial charge is 0.370 e. The molecule has 2 aliphatic carbocycles. The van der Waals surface area contributed by atoms with Gasteiger partial charge in [-0.2, -0.15) is 0 Å². The first-order valence-corrected chi connectivity index (χ1v) is 8.61. The van der Waals surface area contributed by atoms with Gasteiger partial charge in [0.1, 0.15) is 17.5 Å². The maximum atomic E-state index is 4.74. The molecule has 0 amide bonds. The van der Waals surface area contributed by atoms with E-state index in [9.17, 15) is 0 Å². The Morgan fingerprint density at radius 3 is 2.33 bits per heavy atom. The van der Waals surface area contributed by atoms with Crippen molar-refractivity contribution in [2.75, 3.05) is 23.7 Å². The minimum atomic E-state index is 0.489. The molecule has 2 saturated carbocycles. The van der Waals surface area contributed by atoms with E-state index in [4.69, 9.17) is 4.98 Å². The monoisotopic (exact) mass is 288 g/mol. The minimum absolute atomic E-state index is 0.489. The average molecular weight is 288 g/mol. The summed E-state index contributed by atoms with van der Waals surface area (Å²) < 4.78 is 0. The summed E-state index contributed by atoms with van der Waals surface area (Å²) in [6, 6.07) is 2.06. The van der Waals surface area contributed by atoms with Gasteiger partial charge in [0.05, 0.1) is 0 Å². The van der Waals surface area contributed by atoms with Crippen molar-refractivity contribution >= 4 is 11.6 Å². The molecule has 0 spiro atoms. The normalized spacial score (nSPS) is 20.5. The molecule has 2 fully saturated rings. The number of aromatic nitrogens is 2. The summed E-state index contributed by atoms with van der Waals surface area (Å²) in [5.41, 5.74) is 0.489. The lowest BCUT2D eigenvalue weighted by molar-refractivity contribution is 0.306. The van der Waals surface area contributed by atoms with Crippen LogP contribution in [-0.2, 0) is 0 Å². The van der Waals surface area contributed by atoms with Crippen molar-refractivity contribution in [2.24, 2.45) is 5.41 Å². The number of nitrogens with one attached hydrogen (secondary N) is 2. The fourth-order valence-corrected chi connectivity index (χ4v) is 3.41. The van der Waals surface area contributed by atoms with Crippen molar-refractivity contribution in [1.82, 2.24) is 9.97 Å². The first-order chi connectivity index (χ1) is 10.2. The van der Waals surface area contributed by atoms with Crippen LogP contribution in [0.2, 0.25) is 0 Å². The first kappa shape index (κ1) is 14.6. The molecule has 21 heavy (non-hydrogen) atoms. The molecule has 1 heterocycles. The van der Waals surface area contributed by atoms with E-state index in [2.05, 4.69) is 35.5 Å². The quantitative estimate of drug-likeness (QED) is 0.790. The number of anilines is 2. The second kappa shape index (κ2) is 6.20. The summed E-state index contributed by atoms with van der Waals surface area (Å²) in [7, 11) is 0. The van der Waals surface area contributed by atoms with E-state index in [0.29, 0.717) is 11.3 Å². The zero-order valence-corrected chi connectivity index (χ0v) is 13.4. The number of hydrogen-bond donors (Lipinski definition) is 2. The highest BCUT2D eigenvalue weighted by atomic mass is 15.1. The van der Waals surface area contributed by atoms with Gasteiger partial charge in [-0.25, -0.2) is 9.97 Å². The third-order valence-corrected chi connectivity index (χ3v) is 5.10. The zero-order valence-electron chi connectivity index (χ0n) is 13.4. The SMILES string of the molecule is CCNc1cc(NCC2(CC)CCCC2)nc(C2CC2)n1. The predicted molar refractivity (Wildman–Crippen MR) is 87.9 cm³/mol. The molecule has 4 nitrogen and oxygen atoms in total. The van der Waals surface area contributed by atoms with Gasteiger partial charge in [0.25, 0.3) is 0 Å². The van der Waals surface area contributed by atoms with Crippen LogP contribution in [0.4, 0.5) is 11.6 Å². The number of rotatable bonds is 7. The van der Waals surface area contributed by atoms with Gasteiger partial charge in [0, 0.05) is 25.1 Å². The van der Waals surface area contributed by atoms with Crippen LogP contribution in [0, 0.1) is 5.41 Å². The summed E-state index contributed by atoms with van der Waals surface area (Å²) in [6.07, 6.45) is 9.24. The Hall–Kier alpha value is -1.32. The molecule has 0 aliphatic heterocycles. The lowest BCUT2D eigenvalue weighted by Gasteiger charge is -2.28. The van der Waals surface area contributed by atoms with Crippen LogP contribution < -0.4 is 10.6 Å². The van der Waals surface area contributed by atoms with Crippen molar-refractivity contribution in [3.63, 3.8) is 0 Å². The maximum absolute atomic E-state index is 4.74. The van der Waals surface area contributed by atoms with E-state index in [1.54, 1.807) is 0 Å². The van der Waals surface area contributed by atoms with Gasteiger partial charge in [-0.3, -0.25) is 0 Å². The van der Waals surface area contributed by atoms with Gasteiger partial charge in [0.15, 0.2) is 0 Å².